The van der Waals surface area contributed by atoms with Crippen molar-refractivity contribution in [1.29, 1.82) is 0 Å². The Labute approximate surface area is 101 Å². The Morgan fingerprint density at radius 2 is 2.35 bits per heavy atom. The van der Waals surface area contributed by atoms with Gasteiger partial charge in [0.2, 0.25) is 5.91 Å². The highest BCUT2D eigenvalue weighted by atomic mass is 16.5. The van der Waals surface area contributed by atoms with Gasteiger partial charge < -0.3 is 20.9 Å². The Bertz CT molecular complexity index is 369. The highest BCUT2D eigenvalue weighted by Crippen LogP contribution is 2.12. The highest BCUT2D eigenvalue weighted by molar-refractivity contribution is 5.75. The Kier molecular flexibility index (Phi) is 5.45. The van der Waals surface area contributed by atoms with Gasteiger partial charge in [-0.1, -0.05) is 12.1 Å². The second-order valence-electron chi connectivity index (χ2n) is 3.88. The standard InChI is InChI=1S/C12H18N2O3/c1-9-3-2-4-11(5-9)17-8-10(15)6-14-7-12(13)16/h2-5,10,14-15H,6-8H2,1H3,(H2,13,16). The van der Waals surface area contributed by atoms with Crippen LogP contribution in [0.15, 0.2) is 24.3 Å². The summed E-state index contributed by atoms with van der Waals surface area (Å²) in [6.45, 7) is 2.48. The monoisotopic (exact) mass is 238 g/mol. The van der Waals surface area contributed by atoms with Gasteiger partial charge in [0.15, 0.2) is 0 Å². The number of hydrogen-bond donors (Lipinski definition) is 3. The molecule has 0 heterocycles. The zero-order valence-electron chi connectivity index (χ0n) is 9.85. The molecule has 0 saturated carbocycles. The van der Waals surface area contributed by atoms with Gasteiger partial charge in [0.1, 0.15) is 18.5 Å². The van der Waals surface area contributed by atoms with Gasteiger partial charge in [-0.05, 0) is 24.6 Å². The predicted molar refractivity (Wildman–Crippen MR) is 64.7 cm³/mol. The molecule has 1 unspecified atom stereocenters. The summed E-state index contributed by atoms with van der Waals surface area (Å²) < 4.78 is 5.40. The van der Waals surface area contributed by atoms with Gasteiger partial charge in [-0.15, -0.1) is 0 Å². The van der Waals surface area contributed by atoms with E-state index < -0.39 is 12.0 Å². The van der Waals surface area contributed by atoms with Crippen LogP contribution in [0.3, 0.4) is 0 Å². The molecule has 1 rings (SSSR count). The molecule has 0 radical (unpaired) electrons. The average Bonchev–Trinajstić information content (AvgIpc) is 2.26. The van der Waals surface area contributed by atoms with E-state index in [0.29, 0.717) is 0 Å². The number of carbonyl (C=O) groups excluding carboxylic acids is 1. The number of nitrogens with one attached hydrogen (secondary N) is 1. The smallest absolute Gasteiger partial charge is 0.231 e. The number of aryl methyl sites for hydroxylation is 1. The van der Waals surface area contributed by atoms with Crippen LogP contribution in [-0.4, -0.2) is 36.8 Å². The predicted octanol–water partition coefficient (Wildman–Crippen LogP) is -0.190. The molecule has 1 atom stereocenters. The second-order valence-corrected chi connectivity index (χ2v) is 3.88. The van der Waals surface area contributed by atoms with Crippen molar-refractivity contribution in [1.82, 2.24) is 5.32 Å². The van der Waals surface area contributed by atoms with Crippen molar-refractivity contribution in [3.63, 3.8) is 0 Å². The maximum Gasteiger partial charge on any atom is 0.231 e. The van der Waals surface area contributed by atoms with E-state index in [4.69, 9.17) is 10.5 Å². The van der Waals surface area contributed by atoms with Gasteiger partial charge in [-0.3, -0.25) is 4.79 Å². The molecule has 4 N–H and O–H groups in total. The second kappa shape index (κ2) is 6.88. The summed E-state index contributed by atoms with van der Waals surface area (Å²) in [6.07, 6.45) is -0.671. The molecule has 0 spiro atoms. The number of primary amides is 1. The summed E-state index contributed by atoms with van der Waals surface area (Å²) >= 11 is 0. The van der Waals surface area contributed by atoms with Crippen LogP contribution < -0.4 is 15.8 Å². The first kappa shape index (κ1) is 13.5. The third-order valence-electron chi connectivity index (χ3n) is 2.11. The van der Waals surface area contributed by atoms with Crippen molar-refractivity contribution in [2.45, 2.75) is 13.0 Å². The zero-order chi connectivity index (χ0) is 12.7. The lowest BCUT2D eigenvalue weighted by molar-refractivity contribution is -0.117. The Morgan fingerprint density at radius 1 is 1.59 bits per heavy atom. The van der Waals surface area contributed by atoms with E-state index in [-0.39, 0.29) is 19.7 Å². The van der Waals surface area contributed by atoms with Crippen molar-refractivity contribution < 1.29 is 14.6 Å². The number of amides is 1. The van der Waals surface area contributed by atoms with Gasteiger partial charge in [0, 0.05) is 6.54 Å². The largest absolute Gasteiger partial charge is 0.491 e. The molecule has 1 aromatic carbocycles. The van der Waals surface area contributed by atoms with Gasteiger partial charge in [0.05, 0.1) is 6.54 Å². The highest BCUT2D eigenvalue weighted by Gasteiger charge is 2.05. The summed E-state index contributed by atoms with van der Waals surface area (Å²) in [7, 11) is 0. The zero-order valence-corrected chi connectivity index (χ0v) is 9.85. The number of rotatable bonds is 7. The number of hydrogen-bond acceptors (Lipinski definition) is 4. The molecule has 1 aromatic rings. The van der Waals surface area contributed by atoms with E-state index in [0.717, 1.165) is 11.3 Å². The minimum Gasteiger partial charge on any atom is -0.491 e. The normalized spacial score (nSPS) is 12.1. The molecule has 0 fully saturated rings. The fourth-order valence-electron chi connectivity index (χ4n) is 1.32. The molecule has 0 bridgehead atoms. The van der Waals surface area contributed by atoms with Gasteiger partial charge in [-0.25, -0.2) is 0 Å². The van der Waals surface area contributed by atoms with Crippen molar-refractivity contribution >= 4 is 5.91 Å². The van der Waals surface area contributed by atoms with Gasteiger partial charge in [-0.2, -0.15) is 0 Å². The molecule has 17 heavy (non-hydrogen) atoms. The number of aliphatic hydroxyl groups excluding tert-OH is 1. The molecular formula is C12H18N2O3. The molecule has 94 valence electrons. The minimum atomic E-state index is -0.671. The summed E-state index contributed by atoms with van der Waals surface area (Å²) in [5, 5.41) is 12.3. The molecule has 5 nitrogen and oxygen atoms in total. The van der Waals surface area contributed by atoms with Crippen LogP contribution in [0, 0.1) is 6.92 Å². The SMILES string of the molecule is Cc1cccc(OCC(O)CNCC(N)=O)c1. The Balaban J connectivity index is 2.23. The Hall–Kier alpha value is -1.59. The molecular weight excluding hydrogens is 220 g/mol. The number of ether oxygens (including phenoxy) is 1. The van der Waals surface area contributed by atoms with Crippen LogP contribution in [-0.2, 0) is 4.79 Å². The maximum atomic E-state index is 10.4. The van der Waals surface area contributed by atoms with E-state index >= 15 is 0 Å². The van der Waals surface area contributed by atoms with Gasteiger partial charge >= 0.3 is 0 Å². The number of benzene rings is 1. The Morgan fingerprint density at radius 3 is 3.00 bits per heavy atom. The molecule has 0 aromatic heterocycles. The molecule has 0 aliphatic rings. The summed E-state index contributed by atoms with van der Waals surface area (Å²) in [4.78, 5) is 10.4. The lowest BCUT2D eigenvalue weighted by Crippen LogP contribution is -2.36. The summed E-state index contributed by atoms with van der Waals surface area (Å²) in [5.41, 5.74) is 6.05. The fourth-order valence-corrected chi connectivity index (χ4v) is 1.32. The van der Waals surface area contributed by atoms with Crippen molar-refractivity contribution in [2.75, 3.05) is 19.7 Å². The van der Waals surface area contributed by atoms with Crippen LogP contribution in [0.5, 0.6) is 5.75 Å². The van der Waals surface area contributed by atoms with E-state index in [9.17, 15) is 9.90 Å². The average molecular weight is 238 g/mol. The van der Waals surface area contributed by atoms with Crippen molar-refractivity contribution in [2.24, 2.45) is 5.73 Å². The first-order valence-corrected chi connectivity index (χ1v) is 5.44. The topological polar surface area (TPSA) is 84.6 Å². The van der Waals surface area contributed by atoms with E-state index in [1.165, 1.54) is 0 Å². The number of nitrogens with two attached hydrogens (primary N) is 1. The van der Waals surface area contributed by atoms with Crippen LogP contribution in [0.25, 0.3) is 0 Å². The third kappa shape index (κ3) is 5.89. The summed E-state index contributed by atoms with van der Waals surface area (Å²) in [6, 6.07) is 7.58. The number of carbonyl (C=O) groups is 1. The molecule has 0 aliphatic carbocycles. The number of aliphatic hydroxyl groups is 1. The third-order valence-corrected chi connectivity index (χ3v) is 2.11. The molecule has 0 aliphatic heterocycles. The van der Waals surface area contributed by atoms with Crippen LogP contribution in [0.2, 0.25) is 0 Å². The molecule has 0 saturated heterocycles. The lowest BCUT2D eigenvalue weighted by Gasteiger charge is -2.12. The van der Waals surface area contributed by atoms with Crippen molar-refractivity contribution in [3.05, 3.63) is 29.8 Å². The van der Waals surface area contributed by atoms with E-state index in [2.05, 4.69) is 5.32 Å². The van der Waals surface area contributed by atoms with Crippen LogP contribution >= 0.6 is 0 Å². The van der Waals surface area contributed by atoms with Crippen molar-refractivity contribution in [3.8, 4) is 5.75 Å². The fraction of sp³-hybridized carbons (Fsp3) is 0.417. The van der Waals surface area contributed by atoms with E-state index in [1.807, 2.05) is 31.2 Å². The molecule has 1 amide bonds. The summed E-state index contributed by atoms with van der Waals surface area (Å²) in [5.74, 6) is 0.274. The van der Waals surface area contributed by atoms with E-state index in [1.54, 1.807) is 0 Å². The van der Waals surface area contributed by atoms with Gasteiger partial charge in [0.25, 0.3) is 0 Å². The van der Waals surface area contributed by atoms with Crippen LogP contribution in [0.1, 0.15) is 5.56 Å². The molecule has 5 heteroatoms. The maximum absolute atomic E-state index is 10.4. The minimum absolute atomic E-state index is 0.0570. The van der Waals surface area contributed by atoms with Crippen LogP contribution in [0.4, 0.5) is 0 Å². The first-order valence-electron chi connectivity index (χ1n) is 5.44. The first-order chi connectivity index (χ1) is 8.08. The lowest BCUT2D eigenvalue weighted by atomic mass is 10.2. The quantitative estimate of drug-likeness (QED) is 0.614.